The quantitative estimate of drug-likeness (QED) is 0.793. The lowest BCUT2D eigenvalue weighted by atomic mass is 10.2. The van der Waals surface area contributed by atoms with Gasteiger partial charge in [-0.3, -0.25) is 0 Å². The van der Waals surface area contributed by atoms with Gasteiger partial charge in [0.2, 0.25) is 0 Å². The molecule has 0 aliphatic heterocycles. The Bertz CT molecular complexity index is 434. The van der Waals surface area contributed by atoms with Crippen LogP contribution in [0.3, 0.4) is 0 Å². The van der Waals surface area contributed by atoms with Gasteiger partial charge in [-0.25, -0.2) is 0 Å². The Labute approximate surface area is 90.7 Å². The number of nitrogens with one attached hydrogen (secondary N) is 2. The summed E-state index contributed by atoms with van der Waals surface area (Å²) in [7, 11) is -0.339. The van der Waals surface area contributed by atoms with Gasteiger partial charge >= 0.3 is 0 Å². The average Bonchev–Trinajstić information content (AvgIpc) is 2.41. The van der Waals surface area contributed by atoms with Crippen LogP contribution in [0.15, 0.2) is 6.07 Å². The van der Waals surface area contributed by atoms with E-state index in [1.54, 1.807) is 0 Å². The third-order valence-electron chi connectivity index (χ3n) is 2.18. The molecule has 0 saturated heterocycles. The van der Waals surface area contributed by atoms with Crippen molar-refractivity contribution in [1.82, 2.24) is 14.0 Å². The van der Waals surface area contributed by atoms with E-state index in [1.165, 1.54) is 14.1 Å². The fraction of sp³-hybridized carbons (Fsp3) is 0.556. The molecule has 0 saturated carbocycles. The first-order valence-corrected chi connectivity index (χ1v) is 6.09. The van der Waals surface area contributed by atoms with Crippen LogP contribution >= 0.6 is 0 Å². The first kappa shape index (κ1) is 12.2. The van der Waals surface area contributed by atoms with E-state index in [9.17, 15) is 8.42 Å². The van der Waals surface area contributed by atoms with Crippen molar-refractivity contribution in [3.8, 4) is 0 Å². The highest BCUT2D eigenvalue weighted by atomic mass is 32.2. The van der Waals surface area contributed by atoms with Crippen LogP contribution in [-0.2, 0) is 16.8 Å². The zero-order valence-corrected chi connectivity index (χ0v) is 10.3. The number of aromatic amines is 1. The first-order valence-electron chi connectivity index (χ1n) is 4.65. The predicted molar refractivity (Wildman–Crippen MR) is 59.7 cm³/mol. The van der Waals surface area contributed by atoms with E-state index in [0.717, 1.165) is 21.3 Å². The van der Waals surface area contributed by atoms with E-state index in [-0.39, 0.29) is 0 Å². The summed E-state index contributed by atoms with van der Waals surface area (Å²) in [4.78, 5) is 3.12. The van der Waals surface area contributed by atoms with Gasteiger partial charge in [-0.15, -0.1) is 0 Å². The predicted octanol–water partition coefficient (Wildman–Crippen LogP) is 0.528. The highest BCUT2D eigenvalue weighted by Gasteiger charge is 2.13. The summed E-state index contributed by atoms with van der Waals surface area (Å²) in [6, 6.07) is 1.94. The van der Waals surface area contributed by atoms with Gasteiger partial charge in [0, 0.05) is 32.0 Å². The first-order chi connectivity index (χ1) is 6.83. The van der Waals surface area contributed by atoms with Crippen molar-refractivity contribution in [2.45, 2.75) is 20.4 Å². The summed E-state index contributed by atoms with van der Waals surface area (Å²) in [6.45, 7) is 4.18. The Kier molecular flexibility index (Phi) is 3.54. The second-order valence-corrected chi connectivity index (χ2v) is 5.68. The zero-order chi connectivity index (χ0) is 11.6. The number of hydrogen-bond donors (Lipinski definition) is 2. The van der Waals surface area contributed by atoms with Gasteiger partial charge in [0.05, 0.1) is 0 Å². The molecule has 1 heterocycles. The second kappa shape index (κ2) is 4.34. The fourth-order valence-corrected chi connectivity index (χ4v) is 1.86. The molecule has 1 aromatic rings. The summed E-state index contributed by atoms with van der Waals surface area (Å²) in [5.41, 5.74) is 3.00. The molecular weight excluding hydrogens is 214 g/mol. The minimum atomic E-state index is -3.33. The SMILES string of the molecule is Cc1cc(CNS(=O)(=O)N(C)C)c(C)[nH]1. The number of H-pyrrole nitrogens is 1. The van der Waals surface area contributed by atoms with Crippen molar-refractivity contribution < 1.29 is 8.42 Å². The van der Waals surface area contributed by atoms with Crippen LogP contribution in [0.4, 0.5) is 0 Å². The van der Waals surface area contributed by atoms with Gasteiger partial charge in [0.1, 0.15) is 0 Å². The van der Waals surface area contributed by atoms with E-state index < -0.39 is 10.2 Å². The standard InChI is InChI=1S/C9H17N3O2S/c1-7-5-9(8(2)11-7)6-10-15(13,14)12(3)4/h5,10-11H,6H2,1-4H3. The Hall–Kier alpha value is -0.850. The van der Waals surface area contributed by atoms with Crippen LogP contribution in [0, 0.1) is 13.8 Å². The maximum Gasteiger partial charge on any atom is 0.279 e. The fourth-order valence-electron chi connectivity index (χ4n) is 1.26. The van der Waals surface area contributed by atoms with E-state index in [0.29, 0.717) is 6.54 Å². The molecule has 5 nitrogen and oxygen atoms in total. The van der Waals surface area contributed by atoms with Gasteiger partial charge in [-0.2, -0.15) is 17.4 Å². The van der Waals surface area contributed by atoms with Crippen molar-refractivity contribution in [2.75, 3.05) is 14.1 Å². The number of rotatable bonds is 4. The highest BCUT2D eigenvalue weighted by Crippen LogP contribution is 2.09. The zero-order valence-electron chi connectivity index (χ0n) is 9.46. The van der Waals surface area contributed by atoms with Gasteiger partial charge in [-0.1, -0.05) is 0 Å². The maximum absolute atomic E-state index is 11.4. The lowest BCUT2D eigenvalue weighted by Gasteiger charge is -2.11. The lowest BCUT2D eigenvalue weighted by Crippen LogP contribution is -2.35. The van der Waals surface area contributed by atoms with E-state index in [2.05, 4.69) is 9.71 Å². The van der Waals surface area contributed by atoms with Crippen LogP contribution < -0.4 is 4.72 Å². The molecule has 0 atom stereocenters. The molecule has 0 unspecified atom stereocenters. The van der Waals surface area contributed by atoms with Crippen molar-refractivity contribution in [1.29, 1.82) is 0 Å². The molecular formula is C9H17N3O2S. The molecule has 0 aliphatic rings. The molecule has 0 radical (unpaired) electrons. The van der Waals surface area contributed by atoms with Crippen LogP contribution in [0.2, 0.25) is 0 Å². The second-order valence-electron chi connectivity index (χ2n) is 3.71. The summed E-state index contributed by atoms with van der Waals surface area (Å²) in [5.74, 6) is 0. The largest absolute Gasteiger partial charge is 0.362 e. The normalized spacial score (nSPS) is 12.3. The van der Waals surface area contributed by atoms with Crippen molar-refractivity contribution in [3.05, 3.63) is 23.0 Å². The number of aromatic nitrogens is 1. The summed E-state index contributed by atoms with van der Waals surface area (Å²) in [5, 5.41) is 0. The van der Waals surface area contributed by atoms with Crippen molar-refractivity contribution >= 4 is 10.2 Å². The summed E-state index contributed by atoms with van der Waals surface area (Å²) in [6.07, 6.45) is 0. The van der Waals surface area contributed by atoms with Crippen molar-refractivity contribution in [2.24, 2.45) is 0 Å². The van der Waals surface area contributed by atoms with Crippen LogP contribution in [0.5, 0.6) is 0 Å². The minimum Gasteiger partial charge on any atom is -0.362 e. The monoisotopic (exact) mass is 231 g/mol. The number of aryl methyl sites for hydroxylation is 2. The molecule has 6 heteroatoms. The Morgan fingerprint density at radius 1 is 1.40 bits per heavy atom. The third-order valence-corrected chi connectivity index (χ3v) is 3.65. The third kappa shape index (κ3) is 3.05. The van der Waals surface area contributed by atoms with E-state index in [1.807, 2.05) is 19.9 Å². The van der Waals surface area contributed by atoms with Gasteiger partial charge in [0.15, 0.2) is 0 Å². The molecule has 0 spiro atoms. The smallest absolute Gasteiger partial charge is 0.279 e. The lowest BCUT2D eigenvalue weighted by molar-refractivity contribution is 0.505. The molecule has 0 aromatic carbocycles. The van der Waals surface area contributed by atoms with E-state index in [4.69, 9.17) is 0 Å². The van der Waals surface area contributed by atoms with Crippen LogP contribution in [-0.4, -0.2) is 31.8 Å². The number of nitrogens with zero attached hydrogens (tertiary/aromatic N) is 1. The van der Waals surface area contributed by atoms with Crippen molar-refractivity contribution in [3.63, 3.8) is 0 Å². The summed E-state index contributed by atoms with van der Waals surface area (Å²) < 4.78 is 26.5. The maximum atomic E-state index is 11.4. The molecule has 0 bridgehead atoms. The molecule has 0 amide bonds. The van der Waals surface area contributed by atoms with Gasteiger partial charge in [-0.05, 0) is 25.5 Å². The van der Waals surface area contributed by atoms with Crippen LogP contribution in [0.25, 0.3) is 0 Å². The Morgan fingerprint density at radius 2 is 2.00 bits per heavy atom. The Morgan fingerprint density at radius 3 is 2.40 bits per heavy atom. The minimum absolute atomic E-state index is 0.316. The number of hydrogen-bond acceptors (Lipinski definition) is 2. The highest BCUT2D eigenvalue weighted by molar-refractivity contribution is 7.87. The molecule has 2 N–H and O–H groups in total. The molecule has 0 aliphatic carbocycles. The Balaban J connectivity index is 2.70. The topological polar surface area (TPSA) is 65.2 Å². The van der Waals surface area contributed by atoms with Gasteiger partial charge in [0.25, 0.3) is 10.2 Å². The molecule has 1 aromatic heterocycles. The average molecular weight is 231 g/mol. The molecule has 1 rings (SSSR count). The van der Waals surface area contributed by atoms with Crippen LogP contribution in [0.1, 0.15) is 17.0 Å². The molecule has 0 fully saturated rings. The summed E-state index contributed by atoms with van der Waals surface area (Å²) >= 11 is 0. The molecule has 86 valence electrons. The van der Waals surface area contributed by atoms with E-state index >= 15 is 0 Å². The molecule has 15 heavy (non-hydrogen) atoms. The van der Waals surface area contributed by atoms with Gasteiger partial charge < -0.3 is 4.98 Å².